The van der Waals surface area contributed by atoms with Crippen molar-refractivity contribution in [2.24, 2.45) is 5.14 Å². The predicted octanol–water partition coefficient (Wildman–Crippen LogP) is 0.919. The van der Waals surface area contributed by atoms with E-state index in [1.54, 1.807) is 12.1 Å². The molecule has 0 spiro atoms. The molecule has 0 saturated carbocycles. The van der Waals surface area contributed by atoms with Crippen molar-refractivity contribution in [2.75, 3.05) is 4.72 Å². The maximum absolute atomic E-state index is 10.7. The Morgan fingerprint density at radius 1 is 1.23 bits per heavy atom. The van der Waals surface area contributed by atoms with Crippen molar-refractivity contribution >= 4 is 15.9 Å². The largest absolute Gasteiger partial charge is 0.296 e. The van der Waals surface area contributed by atoms with Gasteiger partial charge in [0.05, 0.1) is 5.69 Å². The molecule has 5 heteroatoms. The Morgan fingerprint density at radius 2 is 1.85 bits per heavy atom. The van der Waals surface area contributed by atoms with E-state index in [1.807, 2.05) is 19.9 Å². The molecular weight excluding hydrogens is 188 g/mol. The number of benzene rings is 1. The Morgan fingerprint density at radius 3 is 2.31 bits per heavy atom. The maximum Gasteiger partial charge on any atom is 0.296 e. The molecule has 1 aromatic rings. The Balaban J connectivity index is 2.99. The van der Waals surface area contributed by atoms with Gasteiger partial charge in [-0.15, -0.1) is 0 Å². The van der Waals surface area contributed by atoms with Gasteiger partial charge in [0.15, 0.2) is 0 Å². The number of nitrogens with one attached hydrogen (secondary N) is 1. The molecule has 72 valence electrons. The second-order valence-corrected chi connectivity index (χ2v) is 4.24. The zero-order valence-electron chi connectivity index (χ0n) is 7.53. The molecule has 0 fully saturated rings. The molecule has 0 saturated heterocycles. The smallest absolute Gasteiger partial charge is 0.271 e. The van der Waals surface area contributed by atoms with E-state index in [9.17, 15) is 8.42 Å². The third kappa shape index (κ3) is 3.04. The van der Waals surface area contributed by atoms with Gasteiger partial charge in [0, 0.05) is 0 Å². The molecule has 0 unspecified atom stereocenters. The van der Waals surface area contributed by atoms with E-state index < -0.39 is 10.2 Å². The van der Waals surface area contributed by atoms with Gasteiger partial charge < -0.3 is 0 Å². The fraction of sp³-hybridized carbons (Fsp3) is 0.250. The third-order valence-corrected chi connectivity index (χ3v) is 2.29. The lowest BCUT2D eigenvalue weighted by atomic mass is 10.1. The minimum atomic E-state index is -3.66. The van der Waals surface area contributed by atoms with Crippen LogP contribution in [0.2, 0.25) is 0 Å². The van der Waals surface area contributed by atoms with Crippen LogP contribution in [0.3, 0.4) is 0 Å². The topological polar surface area (TPSA) is 72.2 Å². The highest BCUT2D eigenvalue weighted by Gasteiger charge is 2.02. The lowest BCUT2D eigenvalue weighted by Crippen LogP contribution is -2.21. The van der Waals surface area contributed by atoms with Gasteiger partial charge >= 0.3 is 0 Å². The summed E-state index contributed by atoms with van der Waals surface area (Å²) in [5, 5.41) is 4.82. The molecule has 0 atom stereocenters. The Hall–Kier alpha value is -1.07. The highest BCUT2D eigenvalue weighted by Crippen LogP contribution is 2.14. The summed E-state index contributed by atoms with van der Waals surface area (Å²) in [6.45, 7) is 3.86. The van der Waals surface area contributed by atoms with Gasteiger partial charge in [-0.1, -0.05) is 6.07 Å². The number of aryl methyl sites for hydroxylation is 2. The fourth-order valence-corrected chi connectivity index (χ4v) is 1.42. The molecule has 1 aromatic carbocycles. The molecule has 0 bridgehead atoms. The Kier molecular flexibility index (Phi) is 2.58. The molecule has 0 amide bonds. The van der Waals surface area contributed by atoms with Gasteiger partial charge in [0.25, 0.3) is 10.2 Å². The van der Waals surface area contributed by atoms with Crippen LogP contribution in [0.1, 0.15) is 11.1 Å². The van der Waals surface area contributed by atoms with Crippen LogP contribution in [0, 0.1) is 13.8 Å². The van der Waals surface area contributed by atoms with Crippen LogP contribution in [0.25, 0.3) is 0 Å². The summed E-state index contributed by atoms with van der Waals surface area (Å²) >= 11 is 0. The van der Waals surface area contributed by atoms with Crippen molar-refractivity contribution in [1.82, 2.24) is 0 Å². The second-order valence-electron chi connectivity index (χ2n) is 2.95. The first kappa shape index (κ1) is 10.0. The predicted molar refractivity (Wildman–Crippen MR) is 52.6 cm³/mol. The van der Waals surface area contributed by atoms with Crippen molar-refractivity contribution in [3.8, 4) is 0 Å². The molecule has 0 radical (unpaired) electrons. The molecule has 0 aliphatic carbocycles. The highest BCUT2D eigenvalue weighted by atomic mass is 32.2. The van der Waals surface area contributed by atoms with Crippen LogP contribution < -0.4 is 9.86 Å². The Labute approximate surface area is 77.9 Å². The maximum atomic E-state index is 10.7. The molecule has 4 nitrogen and oxygen atoms in total. The summed E-state index contributed by atoms with van der Waals surface area (Å²) < 4.78 is 23.5. The van der Waals surface area contributed by atoms with Gasteiger partial charge in [-0.3, -0.25) is 4.72 Å². The monoisotopic (exact) mass is 200 g/mol. The van der Waals surface area contributed by atoms with Crippen LogP contribution in [0.15, 0.2) is 18.2 Å². The molecular formula is C8H12N2O2S. The molecule has 13 heavy (non-hydrogen) atoms. The summed E-state index contributed by atoms with van der Waals surface area (Å²) in [6, 6.07) is 5.25. The van der Waals surface area contributed by atoms with E-state index in [-0.39, 0.29) is 0 Å². The third-order valence-electron chi connectivity index (χ3n) is 1.77. The van der Waals surface area contributed by atoms with Crippen LogP contribution in [0.4, 0.5) is 5.69 Å². The Bertz CT molecular complexity index is 412. The van der Waals surface area contributed by atoms with Crippen LogP contribution >= 0.6 is 0 Å². The normalized spacial score (nSPS) is 11.3. The van der Waals surface area contributed by atoms with Crippen LogP contribution in [0.5, 0.6) is 0 Å². The van der Waals surface area contributed by atoms with Gasteiger partial charge in [0.2, 0.25) is 0 Å². The first-order chi connectivity index (χ1) is 5.88. The summed E-state index contributed by atoms with van der Waals surface area (Å²) in [5.41, 5.74) is 2.62. The minimum absolute atomic E-state index is 0.491. The summed E-state index contributed by atoms with van der Waals surface area (Å²) in [6.07, 6.45) is 0. The summed E-state index contributed by atoms with van der Waals surface area (Å²) in [4.78, 5) is 0. The van der Waals surface area contributed by atoms with E-state index in [0.29, 0.717) is 5.69 Å². The van der Waals surface area contributed by atoms with E-state index in [2.05, 4.69) is 4.72 Å². The SMILES string of the molecule is Cc1ccc(NS(N)(=O)=O)cc1C. The van der Waals surface area contributed by atoms with E-state index in [0.717, 1.165) is 11.1 Å². The number of hydrogen-bond acceptors (Lipinski definition) is 2. The second kappa shape index (κ2) is 3.35. The molecule has 0 aromatic heterocycles. The van der Waals surface area contributed by atoms with Gasteiger partial charge in [-0.2, -0.15) is 8.42 Å². The molecule has 0 aliphatic rings. The van der Waals surface area contributed by atoms with Crippen molar-refractivity contribution in [3.63, 3.8) is 0 Å². The number of anilines is 1. The quantitative estimate of drug-likeness (QED) is 0.745. The summed E-state index contributed by atoms with van der Waals surface area (Å²) in [7, 11) is -3.66. The van der Waals surface area contributed by atoms with Crippen molar-refractivity contribution in [2.45, 2.75) is 13.8 Å². The standard InChI is InChI=1S/C8H12N2O2S/c1-6-3-4-8(5-7(6)2)10-13(9,11)12/h3-5,10H,1-2H3,(H2,9,11,12). The van der Waals surface area contributed by atoms with E-state index in [4.69, 9.17) is 5.14 Å². The van der Waals surface area contributed by atoms with Crippen molar-refractivity contribution < 1.29 is 8.42 Å². The lowest BCUT2D eigenvalue weighted by Gasteiger charge is -2.05. The summed E-state index contributed by atoms with van der Waals surface area (Å²) in [5.74, 6) is 0. The molecule has 3 N–H and O–H groups in total. The van der Waals surface area contributed by atoms with Crippen molar-refractivity contribution in [1.29, 1.82) is 0 Å². The number of hydrogen-bond donors (Lipinski definition) is 2. The molecule has 0 heterocycles. The van der Waals surface area contributed by atoms with Crippen molar-refractivity contribution in [3.05, 3.63) is 29.3 Å². The number of rotatable bonds is 2. The van der Waals surface area contributed by atoms with E-state index >= 15 is 0 Å². The zero-order chi connectivity index (χ0) is 10.1. The van der Waals surface area contributed by atoms with Gasteiger partial charge in [-0.25, -0.2) is 5.14 Å². The fourth-order valence-electron chi connectivity index (χ4n) is 0.969. The zero-order valence-corrected chi connectivity index (χ0v) is 8.35. The van der Waals surface area contributed by atoms with Crippen LogP contribution in [-0.4, -0.2) is 8.42 Å². The average Bonchev–Trinajstić information content (AvgIpc) is 1.94. The lowest BCUT2D eigenvalue weighted by molar-refractivity contribution is 0.603. The number of nitrogens with two attached hydrogens (primary N) is 1. The molecule has 0 aliphatic heterocycles. The highest BCUT2D eigenvalue weighted by molar-refractivity contribution is 7.90. The van der Waals surface area contributed by atoms with Gasteiger partial charge in [-0.05, 0) is 37.1 Å². The van der Waals surface area contributed by atoms with E-state index in [1.165, 1.54) is 0 Å². The van der Waals surface area contributed by atoms with Gasteiger partial charge in [0.1, 0.15) is 0 Å². The van der Waals surface area contributed by atoms with Crippen LogP contribution in [-0.2, 0) is 10.2 Å². The average molecular weight is 200 g/mol. The first-order valence-corrected chi connectivity index (χ1v) is 5.31. The first-order valence-electron chi connectivity index (χ1n) is 3.76. The minimum Gasteiger partial charge on any atom is -0.271 e. The molecule has 1 rings (SSSR count).